The third-order valence-corrected chi connectivity index (χ3v) is 3.91. The number of H-pyrrole nitrogens is 1. The van der Waals surface area contributed by atoms with Crippen LogP contribution >= 0.6 is 0 Å². The third kappa shape index (κ3) is 2.17. The lowest BCUT2D eigenvalue weighted by Gasteiger charge is -2.25. The summed E-state index contributed by atoms with van der Waals surface area (Å²) >= 11 is 0. The Morgan fingerprint density at radius 2 is 2.32 bits per heavy atom. The van der Waals surface area contributed by atoms with E-state index in [0.717, 1.165) is 24.2 Å². The minimum absolute atomic E-state index is 0.00930. The van der Waals surface area contributed by atoms with Gasteiger partial charge in [-0.15, -0.1) is 10.2 Å². The fourth-order valence-corrected chi connectivity index (χ4v) is 2.78. The molecule has 0 spiro atoms. The summed E-state index contributed by atoms with van der Waals surface area (Å²) in [6.07, 6.45) is 2.29. The Morgan fingerprint density at radius 3 is 3.14 bits per heavy atom. The van der Waals surface area contributed by atoms with Crippen LogP contribution in [0.4, 0.5) is 0 Å². The highest BCUT2D eigenvalue weighted by Crippen LogP contribution is 2.20. The lowest BCUT2D eigenvalue weighted by molar-refractivity contribution is 0.215. The molecule has 0 radical (unpaired) electrons. The number of hydrogen-bond acceptors (Lipinski definition) is 6. The van der Waals surface area contributed by atoms with Crippen molar-refractivity contribution < 1.29 is 8.83 Å². The Hall–Kier alpha value is -2.61. The van der Waals surface area contributed by atoms with Crippen LogP contribution < -0.4 is 5.56 Å². The van der Waals surface area contributed by atoms with Gasteiger partial charge in [-0.05, 0) is 18.6 Å². The zero-order valence-corrected chi connectivity index (χ0v) is 12.1. The molecular formula is C14H15N5O3. The molecule has 0 bridgehead atoms. The van der Waals surface area contributed by atoms with E-state index in [0.29, 0.717) is 30.6 Å². The van der Waals surface area contributed by atoms with Gasteiger partial charge in [-0.3, -0.25) is 19.5 Å². The highest BCUT2D eigenvalue weighted by atomic mass is 16.4. The van der Waals surface area contributed by atoms with Crippen molar-refractivity contribution in [1.29, 1.82) is 0 Å². The van der Waals surface area contributed by atoms with Crippen molar-refractivity contribution in [3.05, 3.63) is 45.9 Å². The summed E-state index contributed by atoms with van der Waals surface area (Å²) in [7, 11) is 1.85. The minimum Gasteiger partial charge on any atom is -0.459 e. The van der Waals surface area contributed by atoms with Crippen molar-refractivity contribution in [1.82, 2.24) is 24.9 Å². The van der Waals surface area contributed by atoms with Gasteiger partial charge in [-0.25, -0.2) is 0 Å². The summed E-state index contributed by atoms with van der Waals surface area (Å²) in [4.78, 5) is 13.9. The minimum atomic E-state index is 0.00930. The maximum Gasteiger partial charge on any atom is 0.283 e. The van der Waals surface area contributed by atoms with Crippen LogP contribution in [0.1, 0.15) is 17.1 Å². The van der Waals surface area contributed by atoms with Gasteiger partial charge in [0.05, 0.1) is 18.5 Å². The van der Waals surface area contributed by atoms with Crippen LogP contribution in [0.2, 0.25) is 0 Å². The van der Waals surface area contributed by atoms with Crippen molar-refractivity contribution in [3.8, 4) is 11.7 Å². The summed E-state index contributed by atoms with van der Waals surface area (Å²) in [5, 5.41) is 10.8. The van der Waals surface area contributed by atoms with Crippen molar-refractivity contribution in [2.45, 2.75) is 19.5 Å². The lowest BCUT2D eigenvalue weighted by Crippen LogP contribution is -2.32. The van der Waals surface area contributed by atoms with Gasteiger partial charge in [-0.1, -0.05) is 0 Å². The lowest BCUT2D eigenvalue weighted by atomic mass is 10.1. The van der Waals surface area contributed by atoms with Crippen molar-refractivity contribution in [3.63, 3.8) is 0 Å². The van der Waals surface area contributed by atoms with Gasteiger partial charge < -0.3 is 8.83 Å². The first-order chi connectivity index (χ1) is 10.7. The van der Waals surface area contributed by atoms with Gasteiger partial charge in [0.25, 0.3) is 11.4 Å². The molecule has 0 saturated heterocycles. The number of fused-ring (bicyclic) bond motifs is 1. The van der Waals surface area contributed by atoms with Crippen LogP contribution in [0, 0.1) is 0 Å². The number of nitrogens with one attached hydrogen (secondary N) is 1. The summed E-state index contributed by atoms with van der Waals surface area (Å²) < 4.78 is 12.6. The quantitative estimate of drug-likeness (QED) is 0.773. The number of aromatic nitrogens is 4. The van der Waals surface area contributed by atoms with Crippen molar-refractivity contribution in [2.75, 3.05) is 6.54 Å². The van der Waals surface area contributed by atoms with Crippen LogP contribution in [0.5, 0.6) is 0 Å². The van der Waals surface area contributed by atoms with Crippen LogP contribution in [-0.4, -0.2) is 31.4 Å². The van der Waals surface area contributed by atoms with E-state index < -0.39 is 0 Å². The monoisotopic (exact) mass is 301 g/mol. The molecule has 1 aliphatic heterocycles. The van der Waals surface area contributed by atoms with Crippen LogP contribution in [-0.2, 0) is 26.6 Å². The molecule has 0 saturated carbocycles. The molecule has 1 N–H and O–H groups in total. The Labute approximate surface area is 125 Å². The second kappa shape index (κ2) is 4.99. The first-order valence-corrected chi connectivity index (χ1v) is 7.06. The zero-order chi connectivity index (χ0) is 15.1. The first kappa shape index (κ1) is 13.1. The summed E-state index contributed by atoms with van der Waals surface area (Å²) in [6, 6.07) is 3.55. The van der Waals surface area contributed by atoms with Crippen LogP contribution in [0.15, 0.2) is 32.0 Å². The number of aromatic amines is 1. The maximum atomic E-state index is 11.7. The third-order valence-electron chi connectivity index (χ3n) is 3.91. The Morgan fingerprint density at radius 1 is 1.41 bits per heavy atom. The number of furan rings is 1. The topological polar surface area (TPSA) is 93.1 Å². The summed E-state index contributed by atoms with van der Waals surface area (Å²) in [6.45, 7) is 2.02. The molecule has 8 nitrogen and oxygen atoms in total. The SMILES string of the molecule is Cn1[nH]c(=O)c2c1CN(Cc1nnc(-c3ccco3)o1)CC2. The Bertz CT molecular complexity index is 842. The molecule has 1 aliphatic rings. The van der Waals surface area contributed by atoms with E-state index in [1.807, 2.05) is 7.05 Å². The molecule has 0 unspecified atom stereocenters. The van der Waals surface area contributed by atoms with Crippen molar-refractivity contribution in [2.24, 2.45) is 7.05 Å². The zero-order valence-electron chi connectivity index (χ0n) is 12.1. The van der Waals surface area contributed by atoms with Gasteiger partial charge >= 0.3 is 0 Å². The van der Waals surface area contributed by atoms with E-state index in [1.165, 1.54) is 0 Å². The Kier molecular flexibility index (Phi) is 2.97. The number of hydrogen-bond donors (Lipinski definition) is 1. The van der Waals surface area contributed by atoms with E-state index in [-0.39, 0.29) is 5.56 Å². The average molecular weight is 301 g/mol. The van der Waals surface area contributed by atoms with Gasteiger partial charge in [0.15, 0.2) is 5.76 Å². The highest BCUT2D eigenvalue weighted by molar-refractivity contribution is 5.42. The number of rotatable bonds is 3. The fraction of sp³-hybridized carbons (Fsp3) is 0.357. The highest BCUT2D eigenvalue weighted by Gasteiger charge is 2.23. The molecule has 4 heterocycles. The molecule has 3 aromatic rings. The van der Waals surface area contributed by atoms with Crippen molar-refractivity contribution >= 4 is 0 Å². The van der Waals surface area contributed by atoms with E-state index in [2.05, 4.69) is 20.2 Å². The molecule has 0 atom stereocenters. The molecule has 0 fully saturated rings. The molecule has 22 heavy (non-hydrogen) atoms. The standard InChI is InChI=1S/C14H15N5O3/c1-18-10-7-19(5-4-9(10)13(20)17-18)8-12-15-16-14(22-12)11-3-2-6-21-11/h2-3,6H,4-5,7-8H2,1H3,(H,17,20). The maximum absolute atomic E-state index is 11.7. The molecule has 114 valence electrons. The number of aryl methyl sites for hydroxylation is 1. The smallest absolute Gasteiger partial charge is 0.283 e. The second-order valence-corrected chi connectivity index (χ2v) is 5.36. The molecular weight excluding hydrogens is 286 g/mol. The molecule has 4 rings (SSSR count). The van der Waals surface area contributed by atoms with Gasteiger partial charge in [0.1, 0.15) is 0 Å². The van der Waals surface area contributed by atoms with E-state index in [1.54, 1.807) is 23.1 Å². The molecule has 0 aliphatic carbocycles. The number of nitrogens with zero attached hydrogens (tertiary/aromatic N) is 4. The van der Waals surface area contributed by atoms with E-state index in [9.17, 15) is 4.79 Å². The van der Waals surface area contributed by atoms with E-state index in [4.69, 9.17) is 8.83 Å². The second-order valence-electron chi connectivity index (χ2n) is 5.36. The van der Waals surface area contributed by atoms with Gasteiger partial charge in [0, 0.05) is 25.7 Å². The van der Waals surface area contributed by atoms with Gasteiger partial charge in [-0.2, -0.15) is 0 Å². The van der Waals surface area contributed by atoms with E-state index >= 15 is 0 Å². The largest absolute Gasteiger partial charge is 0.459 e. The predicted molar refractivity (Wildman–Crippen MR) is 75.9 cm³/mol. The first-order valence-electron chi connectivity index (χ1n) is 7.06. The fourth-order valence-electron chi connectivity index (χ4n) is 2.78. The molecule has 8 heteroatoms. The van der Waals surface area contributed by atoms with Crippen LogP contribution in [0.25, 0.3) is 11.7 Å². The summed E-state index contributed by atoms with van der Waals surface area (Å²) in [5.41, 5.74) is 1.90. The predicted octanol–water partition coefficient (Wildman–Crippen LogP) is 0.915. The average Bonchev–Trinajstić information content (AvgIpc) is 3.21. The molecule has 0 amide bonds. The molecule has 3 aromatic heterocycles. The van der Waals surface area contributed by atoms with Gasteiger partial charge in [0.2, 0.25) is 5.89 Å². The summed E-state index contributed by atoms with van der Waals surface area (Å²) in [5.74, 6) is 1.48. The molecule has 0 aromatic carbocycles. The normalized spacial score (nSPS) is 15.1. The van der Waals surface area contributed by atoms with Crippen LogP contribution in [0.3, 0.4) is 0 Å². The Balaban J connectivity index is 1.51.